The number of carbonyl (C=O) groups is 1. The van der Waals surface area contributed by atoms with Crippen LogP contribution in [-0.2, 0) is 11.2 Å². The zero-order chi connectivity index (χ0) is 21.9. The molecule has 0 radical (unpaired) electrons. The van der Waals surface area contributed by atoms with Gasteiger partial charge in [0.05, 0.1) is 13.2 Å². The van der Waals surface area contributed by atoms with Gasteiger partial charge < -0.3 is 15.4 Å². The Morgan fingerprint density at radius 3 is 2.06 bits per heavy atom. The fourth-order valence-electron chi connectivity index (χ4n) is 3.19. The maximum absolute atomic E-state index is 12.8. The quantitative estimate of drug-likeness (QED) is 0.315. The number of nitriles is 1. The normalized spacial score (nSPS) is 10.9. The summed E-state index contributed by atoms with van der Waals surface area (Å²) in [6.45, 7) is 0.603. The summed E-state index contributed by atoms with van der Waals surface area (Å²) in [4.78, 5) is 12.8. The van der Waals surface area contributed by atoms with E-state index in [-0.39, 0.29) is 11.6 Å². The van der Waals surface area contributed by atoms with Crippen LogP contribution in [0, 0.1) is 11.3 Å². The lowest BCUT2D eigenvalue weighted by Gasteiger charge is -2.19. The zero-order valence-corrected chi connectivity index (χ0v) is 17.4. The Hall–Kier alpha value is -4.04. The van der Waals surface area contributed by atoms with E-state index >= 15 is 0 Å². The molecule has 0 aromatic heterocycles. The van der Waals surface area contributed by atoms with Crippen molar-refractivity contribution in [3.8, 4) is 11.8 Å². The predicted molar refractivity (Wildman–Crippen MR) is 121 cm³/mol. The molecule has 3 aromatic carbocycles. The van der Waals surface area contributed by atoms with Crippen LogP contribution < -0.4 is 15.4 Å². The van der Waals surface area contributed by atoms with Gasteiger partial charge in [0.15, 0.2) is 0 Å². The van der Waals surface area contributed by atoms with Crippen LogP contribution in [0.15, 0.2) is 96.7 Å². The van der Waals surface area contributed by atoms with Gasteiger partial charge in [0, 0.05) is 12.7 Å². The third-order valence-electron chi connectivity index (χ3n) is 4.87. The van der Waals surface area contributed by atoms with Gasteiger partial charge in [-0.05, 0) is 35.2 Å². The average Bonchev–Trinajstić information content (AvgIpc) is 2.84. The first-order valence-electron chi connectivity index (χ1n) is 10.1. The molecule has 2 N–H and O–H groups in total. The van der Waals surface area contributed by atoms with E-state index in [0.29, 0.717) is 6.54 Å². The summed E-state index contributed by atoms with van der Waals surface area (Å²) in [6.07, 6.45) is 2.24. The molecule has 3 aromatic rings. The first-order chi connectivity index (χ1) is 15.2. The number of rotatable bonds is 9. The van der Waals surface area contributed by atoms with Crippen molar-refractivity contribution in [3.05, 3.63) is 113 Å². The van der Waals surface area contributed by atoms with Crippen molar-refractivity contribution in [1.29, 1.82) is 5.26 Å². The summed E-state index contributed by atoms with van der Waals surface area (Å²) in [5.74, 6) is 0.392. The molecule has 0 aliphatic rings. The lowest BCUT2D eigenvalue weighted by atomic mass is 9.98. The van der Waals surface area contributed by atoms with Crippen molar-refractivity contribution < 1.29 is 9.53 Å². The number of carbonyl (C=O) groups excluding carboxylic acids is 1. The minimum absolute atomic E-state index is 0.0339. The Morgan fingerprint density at radius 2 is 1.55 bits per heavy atom. The van der Waals surface area contributed by atoms with Gasteiger partial charge in [-0.25, -0.2) is 0 Å². The maximum atomic E-state index is 12.8. The van der Waals surface area contributed by atoms with Crippen molar-refractivity contribution in [2.45, 2.75) is 12.5 Å². The monoisotopic (exact) mass is 411 g/mol. The third kappa shape index (κ3) is 6.22. The first kappa shape index (κ1) is 21.7. The fraction of sp³-hybridized carbons (Fsp3) is 0.154. The predicted octanol–water partition coefficient (Wildman–Crippen LogP) is 4.14. The molecule has 0 fully saturated rings. The number of amides is 1. The zero-order valence-electron chi connectivity index (χ0n) is 17.4. The Labute approximate surface area is 183 Å². The highest BCUT2D eigenvalue weighted by Crippen LogP contribution is 2.22. The number of hydrogen-bond donors (Lipinski definition) is 2. The number of benzene rings is 3. The molecule has 0 saturated heterocycles. The summed E-state index contributed by atoms with van der Waals surface area (Å²) in [6, 6.07) is 28.9. The van der Waals surface area contributed by atoms with Gasteiger partial charge in [0.25, 0.3) is 5.91 Å². The van der Waals surface area contributed by atoms with Crippen LogP contribution in [0.2, 0.25) is 0 Å². The molecule has 0 aliphatic heterocycles. The topological polar surface area (TPSA) is 74.1 Å². The molecule has 5 heteroatoms. The van der Waals surface area contributed by atoms with E-state index in [1.807, 2.05) is 91.0 Å². The molecule has 0 atom stereocenters. The van der Waals surface area contributed by atoms with Gasteiger partial charge in [-0.2, -0.15) is 5.26 Å². The minimum Gasteiger partial charge on any atom is -0.497 e. The van der Waals surface area contributed by atoms with Crippen LogP contribution in [0.25, 0.3) is 0 Å². The molecule has 0 heterocycles. The lowest BCUT2D eigenvalue weighted by Crippen LogP contribution is -2.31. The molecule has 31 heavy (non-hydrogen) atoms. The van der Waals surface area contributed by atoms with Crippen LogP contribution in [0.3, 0.4) is 0 Å². The van der Waals surface area contributed by atoms with Crippen LogP contribution in [0.1, 0.15) is 22.7 Å². The van der Waals surface area contributed by atoms with E-state index in [9.17, 15) is 10.1 Å². The Morgan fingerprint density at radius 1 is 0.968 bits per heavy atom. The summed E-state index contributed by atoms with van der Waals surface area (Å²) >= 11 is 0. The standard InChI is InChI=1S/C26H25N3O2/c1-31-24-14-12-20(13-15-24)16-17-28-19-23(18-27)26(30)29-25(21-8-4-2-5-9-21)22-10-6-3-7-11-22/h2-15,19,25,28H,16-17H2,1H3,(H,29,30)/b23-19-. The highest BCUT2D eigenvalue weighted by molar-refractivity contribution is 5.97. The summed E-state index contributed by atoms with van der Waals surface area (Å²) in [5.41, 5.74) is 3.07. The number of ether oxygens (including phenoxy) is 1. The van der Waals surface area contributed by atoms with Crippen molar-refractivity contribution in [2.24, 2.45) is 0 Å². The van der Waals surface area contributed by atoms with Gasteiger partial charge in [-0.3, -0.25) is 4.79 Å². The van der Waals surface area contributed by atoms with E-state index in [0.717, 1.165) is 28.9 Å². The molecule has 0 saturated carbocycles. The number of hydrogen-bond acceptors (Lipinski definition) is 4. The molecule has 0 spiro atoms. The first-order valence-corrected chi connectivity index (χ1v) is 10.1. The van der Waals surface area contributed by atoms with Crippen molar-refractivity contribution in [2.75, 3.05) is 13.7 Å². The van der Waals surface area contributed by atoms with Gasteiger partial charge in [0.2, 0.25) is 0 Å². The SMILES string of the molecule is COc1ccc(CCN/C=C(/C#N)C(=O)NC(c2ccccc2)c2ccccc2)cc1. The van der Waals surface area contributed by atoms with E-state index in [1.54, 1.807) is 7.11 Å². The lowest BCUT2D eigenvalue weighted by molar-refractivity contribution is -0.117. The van der Waals surface area contributed by atoms with Gasteiger partial charge >= 0.3 is 0 Å². The molecule has 5 nitrogen and oxygen atoms in total. The highest BCUT2D eigenvalue weighted by atomic mass is 16.5. The molecule has 1 amide bonds. The smallest absolute Gasteiger partial charge is 0.264 e. The molecule has 0 bridgehead atoms. The summed E-state index contributed by atoms with van der Waals surface area (Å²) in [7, 11) is 1.63. The second-order valence-electron chi connectivity index (χ2n) is 6.95. The molecule has 0 unspecified atom stereocenters. The van der Waals surface area contributed by atoms with Crippen molar-refractivity contribution in [3.63, 3.8) is 0 Å². The van der Waals surface area contributed by atoms with E-state index < -0.39 is 5.91 Å². The number of nitrogens with zero attached hydrogens (tertiary/aromatic N) is 1. The minimum atomic E-state index is -0.419. The van der Waals surface area contributed by atoms with Crippen molar-refractivity contribution >= 4 is 5.91 Å². The number of nitrogens with one attached hydrogen (secondary N) is 2. The second-order valence-corrected chi connectivity index (χ2v) is 6.95. The highest BCUT2D eigenvalue weighted by Gasteiger charge is 2.19. The van der Waals surface area contributed by atoms with Crippen LogP contribution in [-0.4, -0.2) is 19.6 Å². The molecular weight excluding hydrogens is 386 g/mol. The van der Waals surface area contributed by atoms with E-state index in [2.05, 4.69) is 10.6 Å². The van der Waals surface area contributed by atoms with Crippen LogP contribution in [0.5, 0.6) is 5.75 Å². The maximum Gasteiger partial charge on any atom is 0.264 e. The van der Waals surface area contributed by atoms with E-state index in [1.165, 1.54) is 6.20 Å². The summed E-state index contributed by atoms with van der Waals surface area (Å²) in [5, 5.41) is 15.6. The third-order valence-corrected chi connectivity index (χ3v) is 4.87. The Balaban J connectivity index is 1.64. The van der Waals surface area contributed by atoms with Gasteiger partial charge in [-0.1, -0.05) is 72.8 Å². The van der Waals surface area contributed by atoms with Gasteiger partial charge in [0.1, 0.15) is 17.4 Å². The molecule has 0 aliphatic carbocycles. The Kier molecular flexibility index (Phi) is 7.84. The molecular formula is C26H25N3O2. The van der Waals surface area contributed by atoms with E-state index in [4.69, 9.17) is 4.74 Å². The van der Waals surface area contributed by atoms with Crippen LogP contribution in [0.4, 0.5) is 0 Å². The van der Waals surface area contributed by atoms with Gasteiger partial charge in [-0.15, -0.1) is 0 Å². The summed E-state index contributed by atoms with van der Waals surface area (Å²) < 4.78 is 5.16. The van der Waals surface area contributed by atoms with Crippen molar-refractivity contribution in [1.82, 2.24) is 10.6 Å². The fourth-order valence-corrected chi connectivity index (χ4v) is 3.19. The Bertz CT molecular complexity index is 1000. The molecule has 3 rings (SSSR count). The largest absolute Gasteiger partial charge is 0.497 e. The molecule has 156 valence electrons. The number of methoxy groups -OCH3 is 1. The van der Waals surface area contributed by atoms with Crippen LogP contribution >= 0.6 is 0 Å². The second kappa shape index (κ2) is 11.2. The average molecular weight is 412 g/mol.